The fourth-order valence-electron chi connectivity index (χ4n) is 3.32. The van der Waals surface area contributed by atoms with Crippen LogP contribution in [0.2, 0.25) is 0 Å². The molecule has 1 fully saturated rings. The number of methoxy groups -OCH3 is 1. The van der Waals surface area contributed by atoms with Gasteiger partial charge in [0.15, 0.2) is 0 Å². The van der Waals surface area contributed by atoms with Gasteiger partial charge in [-0.2, -0.15) is 17.5 Å². The fraction of sp³-hybridized carbons (Fsp3) is 0.400. The van der Waals surface area contributed by atoms with E-state index >= 15 is 0 Å². The van der Waals surface area contributed by atoms with Crippen molar-refractivity contribution < 1.29 is 45.1 Å². The summed E-state index contributed by atoms with van der Waals surface area (Å²) in [6.45, 7) is -0.476. The monoisotopic (exact) mass is 475 g/mol. The molecule has 0 atom stereocenters. The molecule has 0 unspecified atom stereocenters. The normalized spacial score (nSPS) is 16.0. The van der Waals surface area contributed by atoms with Crippen molar-refractivity contribution in [2.75, 3.05) is 20.2 Å². The van der Waals surface area contributed by atoms with Crippen molar-refractivity contribution in [2.24, 2.45) is 5.92 Å². The number of benzene rings is 1. The van der Waals surface area contributed by atoms with Gasteiger partial charge in [-0.1, -0.05) is 12.1 Å². The molecule has 0 spiro atoms. The molecule has 0 aliphatic carbocycles. The van der Waals surface area contributed by atoms with Gasteiger partial charge >= 0.3 is 18.1 Å². The Morgan fingerprint density at radius 3 is 2.41 bits per heavy atom. The summed E-state index contributed by atoms with van der Waals surface area (Å²) in [6, 6.07) is 6.81. The van der Waals surface area contributed by atoms with Gasteiger partial charge < -0.3 is 13.9 Å². The van der Waals surface area contributed by atoms with E-state index in [2.05, 4.69) is 4.74 Å². The largest absolute Gasteiger partial charge is 0.463 e. The first-order valence-electron chi connectivity index (χ1n) is 9.54. The average molecular weight is 475 g/mol. The number of sulfonamides is 1. The summed E-state index contributed by atoms with van der Waals surface area (Å²) in [5.74, 6) is -1.70. The lowest BCUT2D eigenvalue weighted by Gasteiger charge is -2.30. The molecule has 8 nitrogen and oxygen atoms in total. The van der Waals surface area contributed by atoms with E-state index in [1.54, 1.807) is 0 Å². The van der Waals surface area contributed by atoms with Crippen LogP contribution in [0.3, 0.4) is 0 Å². The second kappa shape index (κ2) is 9.33. The maximum absolute atomic E-state index is 13.2. The quantitative estimate of drug-likeness (QED) is 0.591. The third kappa shape index (κ3) is 5.13. The number of esters is 2. The highest BCUT2D eigenvalue weighted by Crippen LogP contribution is 2.36. The van der Waals surface area contributed by atoms with Gasteiger partial charge in [0.2, 0.25) is 15.8 Å². The zero-order valence-corrected chi connectivity index (χ0v) is 17.7. The maximum atomic E-state index is 13.2. The van der Waals surface area contributed by atoms with Crippen molar-refractivity contribution in [3.8, 4) is 0 Å². The Labute approximate surface area is 181 Å². The summed E-state index contributed by atoms with van der Waals surface area (Å²) in [4.78, 5) is 22.9. The number of ether oxygens (including phenoxy) is 2. The Kier molecular flexibility index (Phi) is 6.94. The Morgan fingerprint density at radius 1 is 1.12 bits per heavy atom. The zero-order chi connectivity index (χ0) is 23.5. The predicted molar refractivity (Wildman–Crippen MR) is 103 cm³/mol. The SMILES string of the molecule is COC(=O)c1ccc(COC(=O)C2CCN(S(=O)(=O)c3ccccc3C(F)(F)F)CC2)o1. The molecular formula is C20H20F3NO7S. The standard InChI is InChI=1S/C20H20F3NO7S/c1-29-19(26)16-7-6-14(31-16)12-30-18(25)13-8-10-24(11-9-13)32(27,28)17-5-3-2-4-15(17)20(21,22)23/h2-7,13H,8-12H2,1H3. The van der Waals surface area contributed by atoms with Crippen LogP contribution in [0.15, 0.2) is 45.7 Å². The Morgan fingerprint density at radius 2 is 1.78 bits per heavy atom. The molecule has 1 aromatic heterocycles. The van der Waals surface area contributed by atoms with Crippen molar-refractivity contribution in [1.29, 1.82) is 0 Å². The highest BCUT2D eigenvalue weighted by molar-refractivity contribution is 7.89. The molecule has 0 amide bonds. The van der Waals surface area contributed by atoms with E-state index in [4.69, 9.17) is 9.15 Å². The van der Waals surface area contributed by atoms with Gasteiger partial charge in [0, 0.05) is 13.1 Å². The molecule has 1 aromatic carbocycles. The van der Waals surface area contributed by atoms with Gasteiger partial charge in [0.05, 0.1) is 23.5 Å². The minimum atomic E-state index is -4.81. The number of rotatable bonds is 6. The number of furan rings is 1. The van der Waals surface area contributed by atoms with E-state index in [0.717, 1.165) is 22.5 Å². The lowest BCUT2D eigenvalue weighted by molar-refractivity contribution is -0.151. The number of hydrogen-bond donors (Lipinski definition) is 0. The van der Waals surface area contributed by atoms with Crippen LogP contribution in [0.1, 0.15) is 34.7 Å². The van der Waals surface area contributed by atoms with Crippen molar-refractivity contribution in [3.05, 3.63) is 53.5 Å². The smallest absolute Gasteiger partial charge is 0.417 e. The van der Waals surface area contributed by atoms with Gasteiger partial charge in [0.25, 0.3) is 0 Å². The van der Waals surface area contributed by atoms with E-state index in [-0.39, 0.29) is 44.1 Å². The number of nitrogens with zero attached hydrogens (tertiary/aromatic N) is 1. The number of carbonyl (C=O) groups is 2. The second-order valence-corrected chi connectivity index (χ2v) is 8.94. The second-order valence-electron chi connectivity index (χ2n) is 7.04. The number of alkyl halides is 3. The fourth-order valence-corrected chi connectivity index (χ4v) is 5.00. The van der Waals surface area contributed by atoms with Crippen molar-refractivity contribution in [3.63, 3.8) is 0 Å². The molecule has 3 rings (SSSR count). The predicted octanol–water partition coefficient (Wildman–Crippen LogP) is 3.23. The van der Waals surface area contributed by atoms with Gasteiger partial charge in [0.1, 0.15) is 12.4 Å². The summed E-state index contributed by atoms with van der Waals surface area (Å²) in [5.41, 5.74) is -1.23. The lowest BCUT2D eigenvalue weighted by atomic mass is 9.98. The molecule has 12 heteroatoms. The molecule has 1 aliphatic rings. The van der Waals surface area contributed by atoms with Crippen LogP contribution in [0.4, 0.5) is 13.2 Å². The van der Waals surface area contributed by atoms with Crippen LogP contribution >= 0.6 is 0 Å². The first kappa shape index (κ1) is 23.8. The Balaban J connectivity index is 1.59. The first-order valence-corrected chi connectivity index (χ1v) is 11.0. The summed E-state index contributed by atoms with van der Waals surface area (Å²) < 4.78 is 81.1. The van der Waals surface area contributed by atoms with Crippen molar-refractivity contribution in [2.45, 2.75) is 30.5 Å². The molecule has 1 aliphatic heterocycles. The number of piperidine rings is 1. The van der Waals surface area contributed by atoms with Crippen LogP contribution in [-0.2, 0) is 37.1 Å². The molecule has 174 valence electrons. The van der Waals surface area contributed by atoms with Crippen molar-refractivity contribution >= 4 is 22.0 Å². The van der Waals surface area contributed by atoms with Crippen LogP contribution in [0, 0.1) is 5.92 Å². The molecule has 0 N–H and O–H groups in total. The molecule has 2 aromatic rings. The van der Waals surface area contributed by atoms with Crippen molar-refractivity contribution in [1.82, 2.24) is 4.31 Å². The van der Waals surface area contributed by atoms with Gasteiger partial charge in [-0.15, -0.1) is 0 Å². The number of halogens is 3. The van der Waals surface area contributed by atoms with E-state index < -0.39 is 44.5 Å². The van der Waals surface area contributed by atoms with E-state index in [9.17, 15) is 31.2 Å². The highest BCUT2D eigenvalue weighted by atomic mass is 32.2. The first-order chi connectivity index (χ1) is 15.0. The zero-order valence-electron chi connectivity index (χ0n) is 16.9. The van der Waals surface area contributed by atoms with Crippen LogP contribution in [-0.4, -0.2) is 44.9 Å². The number of carbonyl (C=O) groups excluding carboxylic acids is 2. The lowest BCUT2D eigenvalue weighted by Crippen LogP contribution is -2.41. The molecule has 0 radical (unpaired) electrons. The summed E-state index contributed by atoms with van der Waals surface area (Å²) in [7, 11) is -3.19. The number of hydrogen-bond acceptors (Lipinski definition) is 7. The molecule has 0 saturated carbocycles. The van der Waals surface area contributed by atoms with Gasteiger partial charge in [-0.3, -0.25) is 4.79 Å². The minimum absolute atomic E-state index is 0.0452. The molecular weight excluding hydrogens is 455 g/mol. The van der Waals surface area contributed by atoms with Crippen LogP contribution in [0.5, 0.6) is 0 Å². The molecule has 0 bridgehead atoms. The maximum Gasteiger partial charge on any atom is 0.417 e. The Hall–Kier alpha value is -2.86. The third-order valence-corrected chi connectivity index (χ3v) is 6.96. The summed E-state index contributed by atoms with van der Waals surface area (Å²) in [5, 5.41) is 0. The summed E-state index contributed by atoms with van der Waals surface area (Å²) in [6.07, 6.45) is -4.62. The molecule has 32 heavy (non-hydrogen) atoms. The van der Waals surface area contributed by atoms with Gasteiger partial charge in [-0.05, 0) is 37.1 Å². The van der Waals surface area contributed by atoms with Crippen LogP contribution in [0.25, 0.3) is 0 Å². The third-order valence-electron chi connectivity index (χ3n) is 5.00. The van der Waals surface area contributed by atoms with Gasteiger partial charge in [-0.25, -0.2) is 13.2 Å². The molecule has 1 saturated heterocycles. The average Bonchev–Trinajstić information content (AvgIpc) is 3.25. The minimum Gasteiger partial charge on any atom is -0.463 e. The van der Waals surface area contributed by atoms with E-state index in [0.29, 0.717) is 0 Å². The summed E-state index contributed by atoms with van der Waals surface area (Å²) >= 11 is 0. The highest BCUT2D eigenvalue weighted by Gasteiger charge is 2.40. The van der Waals surface area contributed by atoms with Crippen LogP contribution < -0.4 is 0 Å². The van der Waals surface area contributed by atoms with E-state index in [1.165, 1.54) is 25.3 Å². The Bertz CT molecular complexity index is 1090. The topological polar surface area (TPSA) is 103 Å². The molecule has 2 heterocycles. The van der Waals surface area contributed by atoms with E-state index in [1.807, 2.05) is 0 Å².